The Morgan fingerprint density at radius 2 is 0.951 bits per heavy atom. The van der Waals surface area contributed by atoms with Crippen LogP contribution in [0.4, 0.5) is 0 Å². The van der Waals surface area contributed by atoms with Gasteiger partial charge in [0.05, 0.1) is 22.2 Å². The number of nitrogens with zero attached hydrogens (tertiary/aromatic N) is 2. The molecule has 0 atom stereocenters. The van der Waals surface area contributed by atoms with Crippen molar-refractivity contribution in [3.63, 3.8) is 0 Å². The number of hydrogen-bond acceptors (Lipinski definition) is 2. The maximum atomic E-state index is 13.8. The maximum Gasteiger partial charge on any atom is 0.111 e. The van der Waals surface area contributed by atoms with Crippen LogP contribution >= 0.6 is 7.14 Å². The standard InChI is InChI=1S/C57H39N2OP/c1-61(2,60)57-44-25-13-11-23-42(44)52(43-24-12-14-26-45(43)57)37-31-29-36(30-32-37)48-35-49-53(41-22-10-9-21-40(41)48)55-47(56(58-49)38-17-5-3-6-18-38)33-34-51-54(55)46-27-15-16-28-50(46)59(51)39-19-7-4-8-20-39/h3-35H,1-2H3. The summed E-state index contributed by atoms with van der Waals surface area (Å²) in [5.41, 5.74) is 11.1. The van der Waals surface area contributed by atoms with E-state index in [9.17, 15) is 4.57 Å². The van der Waals surface area contributed by atoms with Gasteiger partial charge in [-0.05, 0) is 98.2 Å². The Kier molecular flexibility index (Phi) is 7.94. The molecule has 0 aliphatic carbocycles. The molecule has 0 aliphatic heterocycles. The molecule has 12 aromatic rings. The van der Waals surface area contributed by atoms with Crippen molar-refractivity contribution in [3.05, 3.63) is 200 Å². The summed E-state index contributed by atoms with van der Waals surface area (Å²) in [5.74, 6) is 0. The highest BCUT2D eigenvalue weighted by molar-refractivity contribution is 7.71. The average molecular weight is 799 g/mol. The van der Waals surface area contributed by atoms with Crippen LogP contribution in [-0.2, 0) is 4.57 Å². The lowest BCUT2D eigenvalue weighted by Gasteiger charge is -2.20. The minimum Gasteiger partial charge on any atom is -0.319 e. The Bertz CT molecular complexity index is 3730. The fourth-order valence-corrected chi connectivity index (χ4v) is 11.7. The van der Waals surface area contributed by atoms with Crippen molar-refractivity contribution in [2.24, 2.45) is 0 Å². The largest absolute Gasteiger partial charge is 0.319 e. The molecule has 0 spiro atoms. The van der Waals surface area contributed by atoms with E-state index in [1.54, 1.807) is 0 Å². The van der Waals surface area contributed by atoms with Crippen molar-refractivity contribution in [2.75, 3.05) is 13.3 Å². The zero-order valence-corrected chi connectivity index (χ0v) is 34.7. The van der Waals surface area contributed by atoms with Crippen LogP contribution in [0.5, 0.6) is 0 Å². The molecule has 4 heteroatoms. The molecule has 0 saturated carbocycles. The van der Waals surface area contributed by atoms with Crippen LogP contribution in [0, 0.1) is 0 Å². The predicted octanol–water partition coefficient (Wildman–Crippen LogP) is 15.2. The molecule has 0 bridgehead atoms. The minimum absolute atomic E-state index is 0.957. The molecule has 0 amide bonds. The third kappa shape index (κ3) is 5.44. The molecule has 2 aromatic heterocycles. The van der Waals surface area contributed by atoms with Crippen molar-refractivity contribution >= 4 is 88.2 Å². The van der Waals surface area contributed by atoms with E-state index >= 15 is 0 Å². The van der Waals surface area contributed by atoms with Gasteiger partial charge < -0.3 is 9.13 Å². The zero-order valence-electron chi connectivity index (χ0n) is 33.8. The van der Waals surface area contributed by atoms with Crippen LogP contribution in [0.3, 0.4) is 0 Å². The number of para-hydroxylation sites is 2. The number of hydrogen-bond donors (Lipinski definition) is 0. The normalized spacial score (nSPS) is 12.2. The van der Waals surface area contributed by atoms with E-state index in [1.165, 1.54) is 38.0 Å². The summed E-state index contributed by atoms with van der Waals surface area (Å²) >= 11 is 0. The maximum absolute atomic E-state index is 13.8. The summed E-state index contributed by atoms with van der Waals surface area (Å²) in [6.45, 7) is 3.77. The van der Waals surface area contributed by atoms with Crippen LogP contribution in [0.1, 0.15) is 0 Å². The second kappa shape index (κ2) is 13.6. The Morgan fingerprint density at radius 3 is 1.61 bits per heavy atom. The minimum atomic E-state index is -2.60. The van der Waals surface area contributed by atoms with Crippen LogP contribution in [0.15, 0.2) is 200 Å². The molecule has 10 aromatic carbocycles. The molecule has 0 saturated heterocycles. The van der Waals surface area contributed by atoms with Crippen molar-refractivity contribution in [3.8, 4) is 39.2 Å². The fourth-order valence-electron chi connectivity index (χ4n) is 10.1. The Hall–Kier alpha value is -7.32. The summed E-state index contributed by atoms with van der Waals surface area (Å²) in [6, 6.07) is 71.7. The van der Waals surface area contributed by atoms with Crippen LogP contribution in [0.2, 0.25) is 0 Å². The monoisotopic (exact) mass is 798 g/mol. The fraction of sp³-hybridized carbons (Fsp3) is 0.0351. The van der Waals surface area contributed by atoms with Crippen LogP contribution in [-0.4, -0.2) is 22.9 Å². The van der Waals surface area contributed by atoms with E-state index in [-0.39, 0.29) is 0 Å². The lowest BCUT2D eigenvalue weighted by Crippen LogP contribution is -2.08. The van der Waals surface area contributed by atoms with E-state index in [4.69, 9.17) is 4.98 Å². The number of pyridine rings is 1. The van der Waals surface area contributed by atoms with Gasteiger partial charge in [0.15, 0.2) is 0 Å². The summed E-state index contributed by atoms with van der Waals surface area (Å²) in [4.78, 5) is 5.59. The molecule has 2 heterocycles. The first-order chi connectivity index (χ1) is 29.9. The van der Waals surface area contributed by atoms with Gasteiger partial charge in [0.25, 0.3) is 0 Å². The van der Waals surface area contributed by atoms with Gasteiger partial charge in [-0.1, -0.05) is 170 Å². The molecule has 0 N–H and O–H groups in total. The Balaban J connectivity index is 1.15. The highest BCUT2D eigenvalue weighted by atomic mass is 31.2. The number of benzene rings is 10. The molecule has 3 nitrogen and oxygen atoms in total. The van der Waals surface area contributed by atoms with E-state index in [1.807, 2.05) is 13.3 Å². The molecule has 0 fully saturated rings. The molecule has 0 unspecified atom stereocenters. The average Bonchev–Trinajstić information content (AvgIpc) is 3.65. The lowest BCUT2D eigenvalue weighted by atomic mass is 9.88. The van der Waals surface area contributed by atoms with Crippen molar-refractivity contribution in [1.82, 2.24) is 9.55 Å². The second-order valence-electron chi connectivity index (χ2n) is 16.5. The van der Waals surface area contributed by atoms with Gasteiger partial charge in [0, 0.05) is 43.5 Å². The summed E-state index contributed by atoms with van der Waals surface area (Å²) in [7, 11) is -2.60. The third-order valence-corrected chi connectivity index (χ3v) is 14.1. The Labute approximate surface area is 353 Å². The SMILES string of the molecule is CP(C)(=O)c1c2ccccc2c(-c2ccc(-c3cc4nc(-c5ccccc5)c5ccc6c(c7ccccc7n6-c6ccccc6)c5c4c4ccccc34)cc2)c2ccccc12. The summed E-state index contributed by atoms with van der Waals surface area (Å²) in [6.07, 6.45) is 0. The van der Waals surface area contributed by atoms with Crippen molar-refractivity contribution in [1.29, 1.82) is 0 Å². The molecule has 0 radical (unpaired) electrons. The number of rotatable bonds is 5. The van der Waals surface area contributed by atoms with Gasteiger partial charge in [0.1, 0.15) is 7.14 Å². The first-order valence-corrected chi connectivity index (χ1v) is 23.5. The smallest absolute Gasteiger partial charge is 0.111 e. The second-order valence-corrected chi connectivity index (χ2v) is 19.7. The van der Waals surface area contributed by atoms with Crippen LogP contribution < -0.4 is 5.30 Å². The Morgan fingerprint density at radius 1 is 0.410 bits per heavy atom. The van der Waals surface area contributed by atoms with Gasteiger partial charge in [0.2, 0.25) is 0 Å². The van der Waals surface area contributed by atoms with E-state index < -0.39 is 7.14 Å². The number of fused-ring (bicyclic) bond motifs is 11. The van der Waals surface area contributed by atoms with Crippen molar-refractivity contribution in [2.45, 2.75) is 0 Å². The quantitative estimate of drug-likeness (QED) is 0.0987. The van der Waals surface area contributed by atoms with E-state index in [0.717, 1.165) is 82.3 Å². The molecule has 61 heavy (non-hydrogen) atoms. The lowest BCUT2D eigenvalue weighted by molar-refractivity contribution is 0.588. The topological polar surface area (TPSA) is 34.9 Å². The zero-order chi connectivity index (χ0) is 40.8. The molecular weight excluding hydrogens is 760 g/mol. The molecule has 288 valence electrons. The van der Waals surface area contributed by atoms with E-state index in [2.05, 4.69) is 205 Å². The van der Waals surface area contributed by atoms with E-state index in [0.29, 0.717) is 0 Å². The first kappa shape index (κ1) is 35.6. The van der Waals surface area contributed by atoms with Gasteiger partial charge in [-0.25, -0.2) is 4.98 Å². The van der Waals surface area contributed by atoms with Gasteiger partial charge >= 0.3 is 0 Å². The molecule has 0 aliphatic rings. The van der Waals surface area contributed by atoms with Crippen LogP contribution in [0.25, 0.3) is 115 Å². The van der Waals surface area contributed by atoms with Crippen molar-refractivity contribution < 1.29 is 4.57 Å². The summed E-state index contributed by atoms with van der Waals surface area (Å²) < 4.78 is 16.2. The summed E-state index contributed by atoms with van der Waals surface area (Å²) in [5, 5.41) is 13.6. The molecule has 12 rings (SSSR count). The first-order valence-electron chi connectivity index (χ1n) is 20.9. The highest BCUT2D eigenvalue weighted by Crippen LogP contribution is 2.48. The highest BCUT2D eigenvalue weighted by Gasteiger charge is 2.24. The third-order valence-electron chi connectivity index (χ3n) is 12.6. The molecular formula is C57H39N2OP. The predicted molar refractivity (Wildman–Crippen MR) is 262 cm³/mol. The van der Waals surface area contributed by atoms with Gasteiger partial charge in [-0.3, -0.25) is 0 Å². The number of aromatic nitrogens is 2. The van der Waals surface area contributed by atoms with Gasteiger partial charge in [-0.15, -0.1) is 0 Å². The van der Waals surface area contributed by atoms with Gasteiger partial charge in [-0.2, -0.15) is 0 Å².